The van der Waals surface area contributed by atoms with Crippen LogP contribution in [0.5, 0.6) is 5.88 Å². The lowest BCUT2D eigenvalue weighted by Crippen LogP contribution is -2.47. The van der Waals surface area contributed by atoms with Gasteiger partial charge < -0.3 is 18.8 Å². The third kappa shape index (κ3) is 3.68. The molecule has 1 atom stereocenters. The molecular formula is C23H20ClN5O3S. The average molecular weight is 482 g/mol. The first kappa shape index (κ1) is 20.3. The highest BCUT2D eigenvalue weighted by Gasteiger charge is 2.33. The molecule has 0 bridgehead atoms. The molecule has 1 fully saturated rings. The first-order valence-corrected chi connectivity index (χ1v) is 11.8. The van der Waals surface area contributed by atoms with Crippen molar-refractivity contribution >= 4 is 33.6 Å². The SMILES string of the molecule is Oc1c(C(c2ccco2)N2CCN(c3cccc(Cl)c3)CC2)sc2nc(-c3ccco3)nn12. The smallest absolute Gasteiger partial charge is 0.230 e. The fourth-order valence-corrected chi connectivity index (χ4v) is 5.55. The fraction of sp³-hybridized carbons (Fsp3) is 0.217. The van der Waals surface area contributed by atoms with Crippen molar-refractivity contribution in [1.82, 2.24) is 19.5 Å². The van der Waals surface area contributed by atoms with Gasteiger partial charge in [-0.3, -0.25) is 4.90 Å². The number of piperazine rings is 1. The standard InChI is InChI=1S/C23H20ClN5O3S/c24-15-4-1-5-16(14-15)27-8-10-28(11-9-27)19(17-6-2-12-31-17)20-22(30)29-23(33-20)25-21(26-29)18-7-3-13-32-18/h1-7,12-14,19,30H,8-11H2. The third-order valence-electron chi connectivity index (χ3n) is 5.86. The molecule has 0 aliphatic carbocycles. The van der Waals surface area contributed by atoms with Crippen molar-refractivity contribution in [3.05, 3.63) is 76.7 Å². The average Bonchev–Trinajstić information content (AvgIpc) is 3.62. The lowest BCUT2D eigenvalue weighted by molar-refractivity contribution is 0.191. The molecule has 0 amide bonds. The largest absolute Gasteiger partial charge is 0.492 e. The predicted octanol–water partition coefficient (Wildman–Crippen LogP) is 4.91. The second-order valence-corrected chi connectivity index (χ2v) is 9.26. The predicted molar refractivity (Wildman–Crippen MR) is 126 cm³/mol. The van der Waals surface area contributed by atoms with E-state index in [0.29, 0.717) is 16.5 Å². The van der Waals surface area contributed by atoms with E-state index in [1.54, 1.807) is 24.7 Å². The van der Waals surface area contributed by atoms with E-state index < -0.39 is 0 Å². The third-order valence-corrected chi connectivity index (χ3v) is 7.16. The summed E-state index contributed by atoms with van der Waals surface area (Å²) in [6.45, 7) is 3.26. The number of hydrogen-bond acceptors (Lipinski definition) is 8. The first-order chi connectivity index (χ1) is 16.2. The van der Waals surface area contributed by atoms with Crippen LogP contribution in [0.4, 0.5) is 5.69 Å². The minimum atomic E-state index is -0.234. The van der Waals surface area contributed by atoms with E-state index in [9.17, 15) is 5.11 Å². The maximum absolute atomic E-state index is 11.1. The van der Waals surface area contributed by atoms with E-state index in [-0.39, 0.29) is 11.9 Å². The molecule has 10 heteroatoms. The van der Waals surface area contributed by atoms with Gasteiger partial charge in [-0.25, -0.2) is 0 Å². The molecule has 0 spiro atoms. The van der Waals surface area contributed by atoms with Crippen molar-refractivity contribution in [2.45, 2.75) is 6.04 Å². The maximum atomic E-state index is 11.1. The van der Waals surface area contributed by atoms with Crippen molar-refractivity contribution in [3.63, 3.8) is 0 Å². The quantitative estimate of drug-likeness (QED) is 0.381. The molecule has 5 heterocycles. The lowest BCUT2D eigenvalue weighted by atomic mass is 10.1. The number of hydrogen-bond donors (Lipinski definition) is 1. The zero-order valence-corrected chi connectivity index (χ0v) is 19.0. The number of rotatable bonds is 5. The Morgan fingerprint density at radius 3 is 2.52 bits per heavy atom. The minimum absolute atomic E-state index is 0.0685. The molecule has 1 aliphatic heterocycles. The van der Waals surface area contributed by atoms with E-state index in [0.717, 1.165) is 47.5 Å². The number of anilines is 1. The molecule has 1 aliphatic rings. The highest BCUT2D eigenvalue weighted by atomic mass is 35.5. The normalized spacial score (nSPS) is 16.0. The van der Waals surface area contributed by atoms with Gasteiger partial charge in [0.1, 0.15) is 11.8 Å². The summed E-state index contributed by atoms with van der Waals surface area (Å²) in [5.41, 5.74) is 1.11. The highest BCUT2D eigenvalue weighted by molar-refractivity contribution is 7.17. The van der Waals surface area contributed by atoms with Gasteiger partial charge in [0.05, 0.1) is 17.4 Å². The maximum Gasteiger partial charge on any atom is 0.230 e. The van der Waals surface area contributed by atoms with Crippen LogP contribution in [0.1, 0.15) is 16.7 Å². The van der Waals surface area contributed by atoms with Gasteiger partial charge in [-0.05, 0) is 42.5 Å². The van der Waals surface area contributed by atoms with Crippen LogP contribution in [-0.2, 0) is 0 Å². The Bertz CT molecular complexity index is 1370. The fourth-order valence-electron chi connectivity index (χ4n) is 4.27. The Balaban J connectivity index is 1.30. The van der Waals surface area contributed by atoms with E-state index in [1.807, 2.05) is 30.3 Å². The van der Waals surface area contributed by atoms with Gasteiger partial charge in [0.15, 0.2) is 5.76 Å². The Labute approximate surface area is 198 Å². The van der Waals surface area contributed by atoms with Crippen LogP contribution in [0.3, 0.4) is 0 Å². The summed E-state index contributed by atoms with van der Waals surface area (Å²) >= 11 is 7.59. The van der Waals surface area contributed by atoms with Gasteiger partial charge in [-0.2, -0.15) is 9.50 Å². The van der Waals surface area contributed by atoms with Crippen molar-refractivity contribution < 1.29 is 13.9 Å². The molecule has 1 N–H and O–H groups in total. The van der Waals surface area contributed by atoms with Gasteiger partial charge in [-0.1, -0.05) is 29.0 Å². The van der Waals surface area contributed by atoms with Crippen LogP contribution in [0, 0.1) is 0 Å². The van der Waals surface area contributed by atoms with Crippen LogP contribution in [0.25, 0.3) is 16.5 Å². The summed E-state index contributed by atoms with van der Waals surface area (Å²) in [6, 6.07) is 15.1. The first-order valence-electron chi connectivity index (χ1n) is 10.6. The van der Waals surface area contributed by atoms with E-state index in [2.05, 4.69) is 25.9 Å². The van der Waals surface area contributed by atoms with Crippen molar-refractivity contribution in [1.29, 1.82) is 0 Å². The molecular weight excluding hydrogens is 462 g/mol. The molecule has 0 radical (unpaired) electrons. The van der Waals surface area contributed by atoms with Crippen molar-refractivity contribution in [3.8, 4) is 17.5 Å². The van der Waals surface area contributed by atoms with Crippen molar-refractivity contribution in [2.75, 3.05) is 31.1 Å². The number of aromatic hydroxyl groups is 1. The summed E-state index contributed by atoms with van der Waals surface area (Å²) in [4.78, 5) is 10.5. The number of aromatic nitrogens is 3. The molecule has 5 aromatic rings. The number of nitrogens with zero attached hydrogens (tertiary/aromatic N) is 5. The zero-order chi connectivity index (χ0) is 22.4. The molecule has 1 unspecified atom stereocenters. The molecule has 168 valence electrons. The van der Waals surface area contributed by atoms with Gasteiger partial charge in [0.25, 0.3) is 0 Å². The summed E-state index contributed by atoms with van der Waals surface area (Å²) < 4.78 is 12.7. The zero-order valence-electron chi connectivity index (χ0n) is 17.5. The minimum Gasteiger partial charge on any atom is -0.492 e. The van der Waals surface area contributed by atoms with Crippen molar-refractivity contribution in [2.24, 2.45) is 0 Å². The molecule has 1 saturated heterocycles. The molecule has 6 rings (SSSR count). The van der Waals surface area contributed by atoms with Gasteiger partial charge in [-0.15, -0.1) is 5.10 Å². The number of benzene rings is 1. The van der Waals surface area contributed by atoms with E-state index >= 15 is 0 Å². The molecule has 1 aromatic carbocycles. The number of halogens is 1. The Kier molecular flexibility index (Phi) is 5.09. The summed E-state index contributed by atoms with van der Waals surface area (Å²) in [6.07, 6.45) is 3.24. The topological polar surface area (TPSA) is 83.2 Å². The summed E-state index contributed by atoms with van der Waals surface area (Å²) in [5.74, 6) is 1.85. The second-order valence-electron chi connectivity index (χ2n) is 7.82. The Morgan fingerprint density at radius 1 is 1.00 bits per heavy atom. The molecule has 0 saturated carbocycles. The Hall–Kier alpha value is -3.27. The lowest BCUT2D eigenvalue weighted by Gasteiger charge is -2.39. The van der Waals surface area contributed by atoms with Crippen LogP contribution < -0.4 is 4.90 Å². The van der Waals surface area contributed by atoms with Gasteiger partial charge in [0, 0.05) is 36.9 Å². The highest BCUT2D eigenvalue weighted by Crippen LogP contribution is 2.41. The monoisotopic (exact) mass is 481 g/mol. The number of thiazole rings is 1. The second kappa shape index (κ2) is 8.26. The van der Waals surface area contributed by atoms with Gasteiger partial charge >= 0.3 is 0 Å². The summed E-state index contributed by atoms with van der Waals surface area (Å²) in [7, 11) is 0. The Morgan fingerprint density at radius 2 is 1.82 bits per heavy atom. The van der Waals surface area contributed by atoms with E-state index in [4.69, 9.17) is 20.4 Å². The van der Waals surface area contributed by atoms with Crippen LogP contribution >= 0.6 is 22.9 Å². The van der Waals surface area contributed by atoms with Gasteiger partial charge in [0.2, 0.25) is 16.7 Å². The molecule has 8 nitrogen and oxygen atoms in total. The summed E-state index contributed by atoms with van der Waals surface area (Å²) in [5, 5.41) is 16.3. The number of furan rings is 2. The number of fused-ring (bicyclic) bond motifs is 1. The van der Waals surface area contributed by atoms with Crippen LogP contribution in [-0.4, -0.2) is 50.8 Å². The van der Waals surface area contributed by atoms with Crippen LogP contribution in [0.15, 0.2) is 69.9 Å². The van der Waals surface area contributed by atoms with Crippen LogP contribution in [0.2, 0.25) is 5.02 Å². The van der Waals surface area contributed by atoms with E-state index in [1.165, 1.54) is 15.9 Å². The molecule has 33 heavy (non-hydrogen) atoms. The molecule has 4 aromatic heterocycles.